The van der Waals surface area contributed by atoms with E-state index < -0.39 is 11.8 Å². The smallest absolute Gasteiger partial charge is 0.252 e. The van der Waals surface area contributed by atoms with Gasteiger partial charge in [-0.05, 0) is 24.3 Å². The number of pyridine rings is 1. The van der Waals surface area contributed by atoms with Crippen LogP contribution in [0.3, 0.4) is 0 Å². The van der Waals surface area contributed by atoms with Crippen molar-refractivity contribution in [3.63, 3.8) is 0 Å². The minimum Gasteiger partial charge on any atom is -0.479 e. The molecule has 2 heterocycles. The summed E-state index contributed by atoms with van der Waals surface area (Å²) in [7, 11) is 1.56. The molecule has 0 radical (unpaired) electrons. The van der Waals surface area contributed by atoms with Crippen molar-refractivity contribution in [2.75, 3.05) is 30.1 Å². The molecule has 0 spiro atoms. The quantitative estimate of drug-likeness (QED) is 0.401. The summed E-state index contributed by atoms with van der Waals surface area (Å²) < 4.78 is 31.4. The van der Waals surface area contributed by atoms with Crippen LogP contribution >= 0.6 is 23.1 Å². The van der Waals surface area contributed by atoms with Crippen molar-refractivity contribution in [3.8, 4) is 28.8 Å². The molecule has 148 valence electrons. The molecular formula is C20H21F2N3OS2. The molecule has 0 aromatic carbocycles. The number of allylic oxidation sites excluding steroid dienone is 1. The standard InChI is InChI=1S/C20H21F2N3OS2/c1-4-9-25(14(2)7-10-27-13-16-11-20(16,21)22)19-17(26-3)24-18(28-19)15-6-5-8-23-12-15/h1,5-6,8,12,16H,2,7,9-11,13H2,3H3. The number of anilines is 1. The summed E-state index contributed by atoms with van der Waals surface area (Å²) in [6.45, 7) is 4.48. The van der Waals surface area contributed by atoms with Gasteiger partial charge in [0.05, 0.1) is 13.7 Å². The Kier molecular flexibility index (Phi) is 6.57. The fourth-order valence-electron chi connectivity index (χ4n) is 2.63. The Morgan fingerprint density at radius 2 is 2.36 bits per heavy atom. The summed E-state index contributed by atoms with van der Waals surface area (Å²) in [5.41, 5.74) is 1.71. The van der Waals surface area contributed by atoms with Crippen LogP contribution in [0.5, 0.6) is 5.88 Å². The van der Waals surface area contributed by atoms with E-state index in [4.69, 9.17) is 11.2 Å². The number of rotatable bonds is 10. The normalized spacial score (nSPS) is 17.0. The Labute approximate surface area is 172 Å². The molecule has 1 fully saturated rings. The Hall–Kier alpha value is -2.11. The number of aromatic nitrogens is 2. The van der Waals surface area contributed by atoms with E-state index in [2.05, 4.69) is 22.5 Å². The zero-order valence-corrected chi connectivity index (χ0v) is 17.2. The molecule has 8 heteroatoms. The summed E-state index contributed by atoms with van der Waals surface area (Å²) in [6, 6.07) is 3.78. The minimum absolute atomic E-state index is 0.0132. The summed E-state index contributed by atoms with van der Waals surface area (Å²) in [5.74, 6) is 1.38. The van der Waals surface area contributed by atoms with Crippen molar-refractivity contribution >= 4 is 28.1 Å². The highest BCUT2D eigenvalue weighted by atomic mass is 32.2. The van der Waals surface area contributed by atoms with Gasteiger partial charge in [0.15, 0.2) is 5.00 Å². The van der Waals surface area contributed by atoms with Crippen molar-refractivity contribution < 1.29 is 13.5 Å². The first kappa shape index (κ1) is 20.6. The van der Waals surface area contributed by atoms with Crippen molar-refractivity contribution in [3.05, 3.63) is 36.8 Å². The zero-order chi connectivity index (χ0) is 20.1. The zero-order valence-electron chi connectivity index (χ0n) is 15.5. The summed E-state index contributed by atoms with van der Waals surface area (Å²) in [6.07, 6.45) is 9.67. The lowest BCUT2D eigenvalue weighted by Gasteiger charge is -2.23. The average Bonchev–Trinajstić information content (AvgIpc) is 3.11. The van der Waals surface area contributed by atoms with Gasteiger partial charge >= 0.3 is 0 Å². The van der Waals surface area contributed by atoms with Gasteiger partial charge in [-0.3, -0.25) is 4.98 Å². The Morgan fingerprint density at radius 1 is 1.57 bits per heavy atom. The van der Waals surface area contributed by atoms with E-state index in [1.54, 1.807) is 19.5 Å². The lowest BCUT2D eigenvalue weighted by atomic mass is 10.3. The Bertz CT molecular complexity index is 864. The van der Waals surface area contributed by atoms with Crippen LogP contribution in [0.1, 0.15) is 12.8 Å². The fourth-order valence-corrected chi connectivity index (χ4v) is 4.90. The van der Waals surface area contributed by atoms with Gasteiger partial charge in [-0.25, -0.2) is 8.78 Å². The number of hydrogen-bond donors (Lipinski definition) is 0. The average molecular weight is 422 g/mol. The van der Waals surface area contributed by atoms with Crippen LogP contribution in [0.2, 0.25) is 0 Å². The van der Waals surface area contributed by atoms with E-state index in [-0.39, 0.29) is 6.42 Å². The van der Waals surface area contributed by atoms with Crippen LogP contribution in [-0.2, 0) is 0 Å². The third-order valence-electron chi connectivity index (χ3n) is 4.37. The maximum atomic E-state index is 13.0. The third-order valence-corrected chi connectivity index (χ3v) is 6.61. The van der Waals surface area contributed by atoms with Crippen LogP contribution in [-0.4, -0.2) is 41.1 Å². The molecule has 3 rings (SSSR count). The van der Waals surface area contributed by atoms with E-state index in [9.17, 15) is 8.78 Å². The van der Waals surface area contributed by atoms with E-state index >= 15 is 0 Å². The SMILES string of the molecule is C#CCN(C(=C)CCSCC1CC1(F)F)c1sc(-c2cccnc2)nc1OC. The first-order chi connectivity index (χ1) is 13.5. The Morgan fingerprint density at radius 3 is 2.96 bits per heavy atom. The molecule has 1 aliphatic rings. The van der Waals surface area contributed by atoms with Gasteiger partial charge < -0.3 is 9.64 Å². The predicted molar refractivity (Wildman–Crippen MR) is 112 cm³/mol. The number of thiazole rings is 1. The summed E-state index contributed by atoms with van der Waals surface area (Å²) in [5, 5.41) is 1.56. The number of alkyl halides is 2. The molecule has 1 unspecified atom stereocenters. The molecule has 0 amide bonds. The molecule has 0 bridgehead atoms. The monoisotopic (exact) mass is 421 g/mol. The van der Waals surface area contributed by atoms with Crippen molar-refractivity contribution in [1.29, 1.82) is 0 Å². The third kappa shape index (κ3) is 4.83. The topological polar surface area (TPSA) is 38.2 Å². The molecule has 2 aromatic rings. The van der Waals surface area contributed by atoms with Crippen LogP contribution in [0.15, 0.2) is 36.8 Å². The fraction of sp³-hybridized carbons (Fsp3) is 0.400. The molecule has 1 atom stereocenters. The van der Waals surface area contributed by atoms with Crippen molar-refractivity contribution in [2.45, 2.75) is 18.8 Å². The second-order valence-electron chi connectivity index (χ2n) is 6.42. The highest BCUT2D eigenvalue weighted by molar-refractivity contribution is 7.99. The highest BCUT2D eigenvalue weighted by Gasteiger charge is 2.56. The molecule has 1 aliphatic carbocycles. The molecular weight excluding hydrogens is 400 g/mol. The van der Waals surface area contributed by atoms with Crippen LogP contribution < -0.4 is 9.64 Å². The number of thioether (sulfide) groups is 1. The van der Waals surface area contributed by atoms with E-state index in [1.807, 2.05) is 17.0 Å². The maximum absolute atomic E-state index is 13.0. The van der Waals surface area contributed by atoms with Crippen LogP contribution in [0.4, 0.5) is 13.8 Å². The highest BCUT2D eigenvalue weighted by Crippen LogP contribution is 2.50. The number of terminal acetylenes is 1. The number of halogens is 2. The number of nitrogens with zero attached hydrogens (tertiary/aromatic N) is 3. The molecule has 4 nitrogen and oxygen atoms in total. The number of hydrogen-bond acceptors (Lipinski definition) is 6. The first-order valence-corrected chi connectivity index (χ1v) is 10.7. The molecule has 0 aliphatic heterocycles. The number of methoxy groups -OCH3 is 1. The van der Waals surface area contributed by atoms with Crippen molar-refractivity contribution in [2.24, 2.45) is 5.92 Å². The van der Waals surface area contributed by atoms with Gasteiger partial charge in [0.2, 0.25) is 5.88 Å². The second kappa shape index (κ2) is 8.93. The van der Waals surface area contributed by atoms with Gasteiger partial charge in [-0.2, -0.15) is 16.7 Å². The lowest BCUT2D eigenvalue weighted by Crippen LogP contribution is -2.22. The molecule has 1 saturated carbocycles. The van der Waals surface area contributed by atoms with Gasteiger partial charge in [0, 0.05) is 41.7 Å². The first-order valence-electron chi connectivity index (χ1n) is 8.76. The number of ether oxygens (including phenoxy) is 1. The van der Waals surface area contributed by atoms with Crippen molar-refractivity contribution in [1.82, 2.24) is 9.97 Å². The maximum Gasteiger partial charge on any atom is 0.252 e. The van der Waals surface area contributed by atoms with Crippen LogP contribution in [0, 0.1) is 18.3 Å². The summed E-state index contributed by atoms with van der Waals surface area (Å²) in [4.78, 5) is 10.6. The Balaban J connectivity index is 1.68. The molecule has 2 aromatic heterocycles. The molecule has 0 saturated heterocycles. The lowest BCUT2D eigenvalue weighted by molar-refractivity contribution is 0.103. The van der Waals surface area contributed by atoms with E-state index in [0.29, 0.717) is 30.4 Å². The van der Waals surface area contributed by atoms with Gasteiger partial charge in [-0.15, -0.1) is 6.42 Å². The largest absolute Gasteiger partial charge is 0.479 e. The molecule has 28 heavy (non-hydrogen) atoms. The van der Waals surface area contributed by atoms with Gasteiger partial charge in [0.25, 0.3) is 5.92 Å². The van der Waals surface area contributed by atoms with E-state index in [0.717, 1.165) is 21.3 Å². The summed E-state index contributed by atoms with van der Waals surface area (Å²) >= 11 is 2.98. The van der Waals surface area contributed by atoms with Gasteiger partial charge in [-0.1, -0.05) is 23.8 Å². The second-order valence-corrected chi connectivity index (χ2v) is 8.55. The van der Waals surface area contributed by atoms with E-state index in [1.165, 1.54) is 23.1 Å². The minimum atomic E-state index is -2.46. The van der Waals surface area contributed by atoms with Gasteiger partial charge in [0.1, 0.15) is 5.01 Å². The predicted octanol–water partition coefficient (Wildman–Crippen LogP) is 4.95. The molecule has 0 N–H and O–H groups in total. The van der Waals surface area contributed by atoms with Crippen LogP contribution in [0.25, 0.3) is 10.6 Å².